The summed E-state index contributed by atoms with van der Waals surface area (Å²) >= 11 is 0. The number of anilines is 1. The zero-order chi connectivity index (χ0) is 16.9. The van der Waals surface area contributed by atoms with Crippen LogP contribution in [0.2, 0.25) is 0 Å². The largest absolute Gasteiger partial charge is 0.382 e. The fourth-order valence-electron chi connectivity index (χ4n) is 4.57. The molecule has 1 N–H and O–H groups in total. The molecule has 23 heavy (non-hydrogen) atoms. The second-order valence-electron chi connectivity index (χ2n) is 9.09. The Balaban J connectivity index is 2.06. The van der Waals surface area contributed by atoms with E-state index in [2.05, 4.69) is 64.2 Å². The topological polar surface area (TPSA) is 12.0 Å². The van der Waals surface area contributed by atoms with Crippen molar-refractivity contribution in [1.29, 1.82) is 0 Å². The highest BCUT2D eigenvalue weighted by atomic mass is 14.9. The smallest absolute Gasteiger partial charge is 0.0380 e. The Hall–Kier alpha value is -0.980. The number of hydrogen-bond acceptors (Lipinski definition) is 1. The first-order valence-corrected chi connectivity index (χ1v) is 9.70. The third-order valence-corrected chi connectivity index (χ3v) is 5.21. The predicted octanol–water partition coefficient (Wildman–Crippen LogP) is 6.93. The minimum Gasteiger partial charge on any atom is -0.382 e. The molecule has 2 atom stereocenters. The van der Waals surface area contributed by atoms with Crippen LogP contribution in [0, 0.1) is 5.41 Å². The molecule has 0 fully saturated rings. The lowest BCUT2D eigenvalue weighted by atomic mass is 9.65. The molecule has 0 aromatic heterocycles. The van der Waals surface area contributed by atoms with Crippen molar-refractivity contribution < 1.29 is 0 Å². The van der Waals surface area contributed by atoms with Gasteiger partial charge in [0, 0.05) is 11.7 Å². The van der Waals surface area contributed by atoms with Gasteiger partial charge in [0.25, 0.3) is 0 Å². The van der Waals surface area contributed by atoms with Crippen LogP contribution in [0.25, 0.3) is 0 Å². The van der Waals surface area contributed by atoms with Crippen LogP contribution < -0.4 is 5.32 Å². The van der Waals surface area contributed by atoms with E-state index in [0.29, 0.717) is 16.9 Å². The van der Waals surface area contributed by atoms with Gasteiger partial charge in [0.05, 0.1) is 0 Å². The first-order valence-electron chi connectivity index (χ1n) is 9.70. The maximum absolute atomic E-state index is 3.83. The molecule has 1 aliphatic rings. The third kappa shape index (κ3) is 5.26. The number of rotatable bonds is 7. The maximum atomic E-state index is 3.83. The fourth-order valence-corrected chi connectivity index (χ4v) is 4.57. The van der Waals surface area contributed by atoms with Gasteiger partial charge in [-0.05, 0) is 41.7 Å². The Kier molecular flexibility index (Phi) is 6.17. The summed E-state index contributed by atoms with van der Waals surface area (Å²) in [5.41, 5.74) is 3.57. The summed E-state index contributed by atoms with van der Waals surface area (Å²) < 4.78 is 0. The SMILES string of the molecule is CCCCCCC[C@H]1C[C@](C)(CC(C)(C)C)c2ccccc2N1. The van der Waals surface area contributed by atoms with E-state index in [1.807, 2.05) is 0 Å². The van der Waals surface area contributed by atoms with Gasteiger partial charge in [-0.1, -0.05) is 84.9 Å². The van der Waals surface area contributed by atoms with Crippen molar-refractivity contribution in [2.75, 3.05) is 5.32 Å². The molecule has 0 radical (unpaired) electrons. The molecule has 1 aromatic carbocycles. The van der Waals surface area contributed by atoms with Gasteiger partial charge in [0.15, 0.2) is 0 Å². The molecule has 1 heterocycles. The average molecular weight is 316 g/mol. The van der Waals surface area contributed by atoms with Crippen LogP contribution in [0.4, 0.5) is 5.69 Å². The first-order chi connectivity index (χ1) is 10.8. The summed E-state index contributed by atoms with van der Waals surface area (Å²) in [5, 5.41) is 3.83. The molecule has 1 nitrogen and oxygen atoms in total. The number of para-hydroxylation sites is 1. The maximum Gasteiger partial charge on any atom is 0.0380 e. The molecule has 1 aliphatic heterocycles. The van der Waals surface area contributed by atoms with Crippen LogP contribution in [0.3, 0.4) is 0 Å². The van der Waals surface area contributed by atoms with Gasteiger partial charge in [0.1, 0.15) is 0 Å². The van der Waals surface area contributed by atoms with E-state index in [4.69, 9.17) is 0 Å². The molecule has 0 aliphatic carbocycles. The molecular formula is C22H37N. The molecule has 0 amide bonds. The minimum absolute atomic E-state index is 0.300. The number of benzene rings is 1. The predicted molar refractivity (Wildman–Crippen MR) is 103 cm³/mol. The van der Waals surface area contributed by atoms with Gasteiger partial charge in [-0.2, -0.15) is 0 Å². The molecule has 0 saturated carbocycles. The average Bonchev–Trinajstić information content (AvgIpc) is 2.45. The number of fused-ring (bicyclic) bond motifs is 1. The summed E-state index contributed by atoms with van der Waals surface area (Å²) in [6, 6.07) is 9.63. The zero-order valence-corrected chi connectivity index (χ0v) is 16.0. The second kappa shape index (κ2) is 7.73. The lowest BCUT2D eigenvalue weighted by Gasteiger charge is -2.44. The van der Waals surface area contributed by atoms with E-state index in [1.54, 1.807) is 0 Å². The third-order valence-electron chi connectivity index (χ3n) is 5.21. The zero-order valence-electron chi connectivity index (χ0n) is 16.0. The molecule has 0 saturated heterocycles. The van der Waals surface area contributed by atoms with Crippen molar-refractivity contribution in [2.24, 2.45) is 5.41 Å². The molecule has 0 unspecified atom stereocenters. The Morgan fingerprint density at radius 3 is 2.48 bits per heavy atom. The number of nitrogens with one attached hydrogen (secondary N) is 1. The van der Waals surface area contributed by atoms with Crippen LogP contribution in [-0.4, -0.2) is 6.04 Å². The van der Waals surface area contributed by atoms with Gasteiger partial charge in [-0.25, -0.2) is 0 Å². The Bertz CT molecular complexity index is 485. The van der Waals surface area contributed by atoms with Crippen molar-refractivity contribution in [3.8, 4) is 0 Å². The van der Waals surface area contributed by atoms with Gasteiger partial charge in [-0.3, -0.25) is 0 Å². The lowest BCUT2D eigenvalue weighted by molar-refractivity contribution is 0.238. The summed E-state index contributed by atoms with van der Waals surface area (Å²) in [5.74, 6) is 0. The highest BCUT2D eigenvalue weighted by Crippen LogP contribution is 2.46. The Labute approximate surface area is 144 Å². The fraction of sp³-hybridized carbons (Fsp3) is 0.727. The number of hydrogen-bond donors (Lipinski definition) is 1. The highest BCUT2D eigenvalue weighted by Gasteiger charge is 2.38. The van der Waals surface area contributed by atoms with Gasteiger partial charge >= 0.3 is 0 Å². The van der Waals surface area contributed by atoms with E-state index in [9.17, 15) is 0 Å². The lowest BCUT2D eigenvalue weighted by Crippen LogP contribution is -2.40. The molecule has 1 aromatic rings. The van der Waals surface area contributed by atoms with Crippen LogP contribution >= 0.6 is 0 Å². The van der Waals surface area contributed by atoms with Crippen LogP contribution in [0.15, 0.2) is 24.3 Å². The van der Waals surface area contributed by atoms with Crippen molar-refractivity contribution >= 4 is 5.69 Å². The first kappa shape index (κ1) is 18.4. The van der Waals surface area contributed by atoms with E-state index >= 15 is 0 Å². The Morgan fingerprint density at radius 2 is 1.78 bits per heavy atom. The summed E-state index contributed by atoms with van der Waals surface area (Å²) in [4.78, 5) is 0. The molecule has 0 bridgehead atoms. The molecule has 130 valence electrons. The summed E-state index contributed by atoms with van der Waals surface area (Å²) in [6.45, 7) is 11.9. The van der Waals surface area contributed by atoms with Crippen LogP contribution in [0.5, 0.6) is 0 Å². The molecule has 0 spiro atoms. The Morgan fingerprint density at radius 1 is 1.09 bits per heavy atom. The summed E-state index contributed by atoms with van der Waals surface area (Å²) in [7, 11) is 0. The van der Waals surface area contributed by atoms with Crippen LogP contribution in [-0.2, 0) is 5.41 Å². The van der Waals surface area contributed by atoms with E-state index in [-0.39, 0.29) is 0 Å². The van der Waals surface area contributed by atoms with E-state index < -0.39 is 0 Å². The van der Waals surface area contributed by atoms with Crippen molar-refractivity contribution in [2.45, 2.75) is 97.4 Å². The van der Waals surface area contributed by atoms with Gasteiger partial charge in [0.2, 0.25) is 0 Å². The highest BCUT2D eigenvalue weighted by molar-refractivity contribution is 5.57. The monoisotopic (exact) mass is 315 g/mol. The van der Waals surface area contributed by atoms with Gasteiger partial charge < -0.3 is 5.32 Å². The summed E-state index contributed by atoms with van der Waals surface area (Å²) in [6.07, 6.45) is 10.7. The second-order valence-corrected chi connectivity index (χ2v) is 9.09. The minimum atomic E-state index is 0.300. The van der Waals surface area contributed by atoms with Gasteiger partial charge in [-0.15, -0.1) is 0 Å². The number of unbranched alkanes of at least 4 members (excludes halogenated alkanes) is 4. The normalized spacial score (nSPS) is 24.1. The van der Waals surface area contributed by atoms with Crippen LogP contribution in [0.1, 0.15) is 91.5 Å². The molecular weight excluding hydrogens is 278 g/mol. The van der Waals surface area contributed by atoms with E-state index in [0.717, 1.165) is 0 Å². The quantitative estimate of drug-likeness (QED) is 0.538. The van der Waals surface area contributed by atoms with Crippen molar-refractivity contribution in [3.05, 3.63) is 29.8 Å². The molecule has 1 heteroatoms. The molecule has 2 rings (SSSR count). The van der Waals surface area contributed by atoms with Crippen molar-refractivity contribution in [3.63, 3.8) is 0 Å². The van der Waals surface area contributed by atoms with E-state index in [1.165, 1.54) is 62.6 Å². The standard InChI is InChI=1S/C22H37N/c1-6-7-8-9-10-13-18-16-22(5,17-21(2,3)4)19-14-11-12-15-20(19)23-18/h11-12,14-15,18,23H,6-10,13,16-17H2,1-5H3/t18-,22+/m0/s1. The van der Waals surface area contributed by atoms with Crippen molar-refractivity contribution in [1.82, 2.24) is 0 Å².